The van der Waals surface area contributed by atoms with Crippen LogP contribution in [0.15, 0.2) is 0 Å². The Morgan fingerprint density at radius 1 is 1.22 bits per heavy atom. The molecule has 0 bridgehead atoms. The molecule has 18 heavy (non-hydrogen) atoms. The Morgan fingerprint density at radius 3 is 2.50 bits per heavy atom. The first kappa shape index (κ1) is 13.3. The minimum atomic E-state index is -0.805. The van der Waals surface area contributed by atoms with Crippen LogP contribution in [0, 0.1) is 5.92 Å². The average Bonchev–Trinajstić information content (AvgIpc) is 2.87. The maximum absolute atomic E-state index is 11.9. The number of nitrogens with two attached hydrogens (primary N) is 1. The third-order valence-electron chi connectivity index (χ3n) is 4.29. The van der Waals surface area contributed by atoms with Crippen LogP contribution in [0.2, 0.25) is 0 Å². The van der Waals surface area contributed by atoms with E-state index in [9.17, 15) is 9.59 Å². The number of rotatable bonds is 4. The third-order valence-corrected chi connectivity index (χ3v) is 4.29. The van der Waals surface area contributed by atoms with Gasteiger partial charge in [0.1, 0.15) is 0 Å². The summed E-state index contributed by atoms with van der Waals surface area (Å²) in [5.74, 6) is -1.31. The molecule has 4 N–H and O–H groups in total. The summed E-state index contributed by atoms with van der Waals surface area (Å²) in [5, 5.41) is 11.9. The number of aliphatic carboxylic acids is 1. The highest BCUT2D eigenvalue weighted by molar-refractivity contribution is 5.79. The summed E-state index contributed by atoms with van der Waals surface area (Å²) >= 11 is 0. The number of hydrogen-bond acceptors (Lipinski definition) is 3. The van der Waals surface area contributed by atoms with E-state index in [1.165, 1.54) is 0 Å². The molecule has 2 unspecified atom stereocenters. The lowest BCUT2D eigenvalue weighted by atomic mass is 9.94. The second-order valence-electron chi connectivity index (χ2n) is 5.80. The van der Waals surface area contributed by atoms with Gasteiger partial charge in [0, 0.05) is 18.0 Å². The molecule has 1 amide bonds. The predicted molar refractivity (Wildman–Crippen MR) is 66.9 cm³/mol. The van der Waals surface area contributed by atoms with E-state index in [1.807, 2.05) is 0 Å². The van der Waals surface area contributed by atoms with Crippen molar-refractivity contribution in [3.05, 3.63) is 0 Å². The molecular formula is C13H22N2O3. The summed E-state index contributed by atoms with van der Waals surface area (Å²) in [5.41, 5.74) is 5.79. The number of carbonyl (C=O) groups is 2. The van der Waals surface area contributed by atoms with Gasteiger partial charge in [0.2, 0.25) is 5.91 Å². The summed E-state index contributed by atoms with van der Waals surface area (Å²) < 4.78 is 0. The number of nitrogens with one attached hydrogen (secondary N) is 1. The highest BCUT2D eigenvalue weighted by atomic mass is 16.4. The Morgan fingerprint density at radius 2 is 1.89 bits per heavy atom. The molecule has 5 nitrogen and oxygen atoms in total. The van der Waals surface area contributed by atoms with E-state index < -0.39 is 11.9 Å². The molecule has 0 aromatic heterocycles. The van der Waals surface area contributed by atoms with Crippen LogP contribution in [0.1, 0.15) is 51.4 Å². The van der Waals surface area contributed by atoms with Gasteiger partial charge in [-0.15, -0.1) is 0 Å². The van der Waals surface area contributed by atoms with Gasteiger partial charge in [-0.1, -0.05) is 19.3 Å². The topological polar surface area (TPSA) is 92.4 Å². The second kappa shape index (κ2) is 5.26. The van der Waals surface area contributed by atoms with Crippen molar-refractivity contribution >= 4 is 11.9 Å². The standard InChI is InChI=1S/C13H22N2O3/c14-13(6-1-2-7-13)8-11(16)15-10-5-3-4-9(10)12(17)18/h9-10H,1-8,14H2,(H,15,16)(H,17,18). The first-order valence-corrected chi connectivity index (χ1v) is 6.81. The van der Waals surface area contributed by atoms with Crippen LogP contribution in [0.3, 0.4) is 0 Å². The molecule has 0 aromatic rings. The molecule has 2 rings (SSSR count). The highest BCUT2D eigenvalue weighted by Gasteiger charge is 2.36. The van der Waals surface area contributed by atoms with Gasteiger partial charge in [-0.2, -0.15) is 0 Å². The minimum absolute atomic E-state index is 0.0856. The van der Waals surface area contributed by atoms with Gasteiger partial charge < -0.3 is 16.2 Å². The van der Waals surface area contributed by atoms with Crippen LogP contribution in [0.5, 0.6) is 0 Å². The summed E-state index contributed by atoms with van der Waals surface area (Å²) in [4.78, 5) is 23.0. The molecule has 0 radical (unpaired) electrons. The molecular weight excluding hydrogens is 232 g/mol. The zero-order valence-corrected chi connectivity index (χ0v) is 10.7. The van der Waals surface area contributed by atoms with Crippen molar-refractivity contribution in [3.63, 3.8) is 0 Å². The van der Waals surface area contributed by atoms with Crippen LogP contribution in [-0.4, -0.2) is 28.6 Å². The fourth-order valence-corrected chi connectivity index (χ4v) is 3.26. The van der Waals surface area contributed by atoms with Crippen molar-refractivity contribution < 1.29 is 14.7 Å². The predicted octanol–water partition coefficient (Wildman–Crippen LogP) is 1.02. The van der Waals surface area contributed by atoms with Crippen LogP contribution in [-0.2, 0) is 9.59 Å². The number of hydrogen-bond donors (Lipinski definition) is 3. The monoisotopic (exact) mass is 254 g/mol. The van der Waals surface area contributed by atoms with E-state index in [0.29, 0.717) is 12.8 Å². The molecule has 102 valence electrons. The SMILES string of the molecule is NC1(CC(=O)NC2CCCC2C(=O)O)CCCC1. The van der Waals surface area contributed by atoms with Gasteiger partial charge in [0.15, 0.2) is 0 Å². The lowest BCUT2D eigenvalue weighted by molar-refractivity contribution is -0.142. The summed E-state index contributed by atoms with van der Waals surface area (Å²) in [6.07, 6.45) is 6.59. The van der Waals surface area contributed by atoms with Gasteiger partial charge in [-0.3, -0.25) is 9.59 Å². The van der Waals surface area contributed by atoms with E-state index in [4.69, 9.17) is 10.8 Å². The molecule has 0 spiro atoms. The molecule has 2 aliphatic carbocycles. The quantitative estimate of drug-likeness (QED) is 0.698. The summed E-state index contributed by atoms with van der Waals surface area (Å²) in [6, 6.07) is -0.208. The molecule has 5 heteroatoms. The van der Waals surface area contributed by atoms with Gasteiger partial charge in [-0.05, 0) is 25.7 Å². The zero-order chi connectivity index (χ0) is 13.2. The van der Waals surface area contributed by atoms with Crippen molar-refractivity contribution in [1.82, 2.24) is 5.32 Å². The molecule has 2 aliphatic rings. The maximum Gasteiger partial charge on any atom is 0.308 e. The Hall–Kier alpha value is -1.10. The van der Waals surface area contributed by atoms with Crippen molar-refractivity contribution in [3.8, 4) is 0 Å². The zero-order valence-electron chi connectivity index (χ0n) is 10.7. The minimum Gasteiger partial charge on any atom is -0.481 e. The van der Waals surface area contributed by atoms with E-state index >= 15 is 0 Å². The molecule has 2 fully saturated rings. The average molecular weight is 254 g/mol. The van der Waals surface area contributed by atoms with Crippen LogP contribution in [0.4, 0.5) is 0 Å². The van der Waals surface area contributed by atoms with Gasteiger partial charge >= 0.3 is 5.97 Å². The first-order chi connectivity index (χ1) is 8.50. The Bertz CT molecular complexity index is 337. The van der Waals surface area contributed by atoms with E-state index in [-0.39, 0.29) is 17.5 Å². The molecule has 0 saturated heterocycles. The lowest BCUT2D eigenvalue weighted by Gasteiger charge is -2.25. The lowest BCUT2D eigenvalue weighted by Crippen LogP contribution is -2.46. The molecule has 2 atom stereocenters. The number of carboxylic acid groups (broad SMARTS) is 1. The summed E-state index contributed by atoms with van der Waals surface area (Å²) in [6.45, 7) is 0. The fraction of sp³-hybridized carbons (Fsp3) is 0.846. The van der Waals surface area contributed by atoms with E-state index in [0.717, 1.165) is 38.5 Å². The summed E-state index contributed by atoms with van der Waals surface area (Å²) in [7, 11) is 0. The van der Waals surface area contributed by atoms with Crippen LogP contribution < -0.4 is 11.1 Å². The number of carboxylic acids is 1. The van der Waals surface area contributed by atoms with Crippen molar-refractivity contribution in [2.75, 3.05) is 0 Å². The smallest absolute Gasteiger partial charge is 0.308 e. The highest BCUT2D eigenvalue weighted by Crippen LogP contribution is 2.31. The van der Waals surface area contributed by atoms with Gasteiger partial charge in [-0.25, -0.2) is 0 Å². The number of carbonyl (C=O) groups excluding carboxylic acids is 1. The third kappa shape index (κ3) is 3.02. The normalized spacial score (nSPS) is 30.3. The van der Waals surface area contributed by atoms with Crippen LogP contribution >= 0.6 is 0 Å². The molecule has 0 aliphatic heterocycles. The van der Waals surface area contributed by atoms with E-state index in [2.05, 4.69) is 5.32 Å². The molecule has 2 saturated carbocycles. The largest absolute Gasteiger partial charge is 0.481 e. The van der Waals surface area contributed by atoms with Crippen molar-refractivity contribution in [2.24, 2.45) is 11.7 Å². The van der Waals surface area contributed by atoms with E-state index in [1.54, 1.807) is 0 Å². The molecule has 0 aromatic carbocycles. The number of amides is 1. The van der Waals surface area contributed by atoms with Crippen molar-refractivity contribution in [2.45, 2.75) is 62.9 Å². The van der Waals surface area contributed by atoms with Crippen molar-refractivity contribution in [1.29, 1.82) is 0 Å². The first-order valence-electron chi connectivity index (χ1n) is 6.81. The second-order valence-corrected chi connectivity index (χ2v) is 5.80. The van der Waals surface area contributed by atoms with Crippen LogP contribution in [0.25, 0.3) is 0 Å². The molecule has 0 heterocycles. The van der Waals surface area contributed by atoms with Gasteiger partial charge in [0.05, 0.1) is 5.92 Å². The maximum atomic E-state index is 11.9. The Balaban J connectivity index is 1.85. The Kier molecular flexibility index (Phi) is 3.90. The fourth-order valence-electron chi connectivity index (χ4n) is 3.26. The van der Waals surface area contributed by atoms with Gasteiger partial charge in [0.25, 0.3) is 0 Å². The Labute approximate surface area is 107 Å².